The Morgan fingerprint density at radius 2 is 1.84 bits per heavy atom. The van der Waals surface area contributed by atoms with Crippen LogP contribution in [-0.4, -0.2) is 57.9 Å². The standard InChI is InChI=1S/C26H27FN4O6/c1-3-37-25(34)18-8-6-14-29(15-18)23(32)22-24(33)30(16-17-7-4-5-9-21(17)27)26(35)31(28-22)19-10-12-20(36-2)13-11-19/h4-5,7,9-13,18H,3,6,8,14-16H2,1-2H3/t18-/m1/s1. The van der Waals surface area contributed by atoms with Gasteiger partial charge in [-0.15, -0.1) is 0 Å². The first-order valence-electron chi connectivity index (χ1n) is 11.9. The molecule has 1 aliphatic heterocycles. The molecule has 0 N–H and O–H groups in total. The second kappa shape index (κ2) is 11.2. The first-order valence-corrected chi connectivity index (χ1v) is 11.9. The highest BCUT2D eigenvalue weighted by atomic mass is 19.1. The zero-order valence-electron chi connectivity index (χ0n) is 20.6. The number of likely N-dealkylation sites (tertiary alicyclic amines) is 1. The van der Waals surface area contributed by atoms with Crippen LogP contribution in [0.4, 0.5) is 4.39 Å². The molecule has 11 heteroatoms. The number of aromatic nitrogens is 3. The topological polar surface area (TPSA) is 113 Å². The third-order valence-electron chi connectivity index (χ3n) is 6.19. The highest BCUT2D eigenvalue weighted by Crippen LogP contribution is 2.19. The van der Waals surface area contributed by atoms with Crippen LogP contribution in [0.5, 0.6) is 5.75 Å². The lowest BCUT2D eigenvalue weighted by atomic mass is 9.98. The number of carbonyl (C=O) groups excluding carboxylic acids is 2. The van der Waals surface area contributed by atoms with Gasteiger partial charge in [-0.05, 0) is 50.1 Å². The van der Waals surface area contributed by atoms with Crippen molar-refractivity contribution in [1.29, 1.82) is 0 Å². The SMILES string of the molecule is CCOC(=O)[C@@H]1CCCN(C(=O)c2nn(-c3ccc(OC)cc3)c(=O)n(Cc3ccccc3F)c2=O)C1. The number of methoxy groups -OCH3 is 1. The molecule has 0 spiro atoms. The van der Waals surface area contributed by atoms with Crippen molar-refractivity contribution in [2.24, 2.45) is 5.92 Å². The summed E-state index contributed by atoms with van der Waals surface area (Å²) < 4.78 is 26.4. The third-order valence-corrected chi connectivity index (χ3v) is 6.19. The van der Waals surface area contributed by atoms with Crippen molar-refractivity contribution in [2.45, 2.75) is 26.3 Å². The van der Waals surface area contributed by atoms with Crippen molar-refractivity contribution >= 4 is 11.9 Å². The Bertz CT molecular complexity index is 1420. The molecule has 1 amide bonds. The van der Waals surface area contributed by atoms with Crippen LogP contribution in [0.3, 0.4) is 0 Å². The summed E-state index contributed by atoms with van der Waals surface area (Å²) in [5.41, 5.74) is -1.89. The molecule has 0 saturated carbocycles. The average Bonchev–Trinajstić information content (AvgIpc) is 2.92. The Morgan fingerprint density at radius 1 is 1.11 bits per heavy atom. The summed E-state index contributed by atoms with van der Waals surface area (Å²) in [5, 5.41) is 4.13. The number of carbonyl (C=O) groups is 2. The summed E-state index contributed by atoms with van der Waals surface area (Å²) in [6.45, 7) is 1.90. The lowest BCUT2D eigenvalue weighted by Gasteiger charge is -2.31. The number of hydrogen-bond acceptors (Lipinski definition) is 7. The van der Waals surface area contributed by atoms with Crippen LogP contribution in [0, 0.1) is 11.7 Å². The van der Waals surface area contributed by atoms with Crippen LogP contribution in [0.2, 0.25) is 0 Å². The number of nitrogens with zero attached hydrogens (tertiary/aromatic N) is 4. The maximum atomic E-state index is 14.4. The molecule has 1 aliphatic rings. The summed E-state index contributed by atoms with van der Waals surface area (Å²) in [5.74, 6) is -1.71. The van der Waals surface area contributed by atoms with Gasteiger partial charge >= 0.3 is 11.7 Å². The van der Waals surface area contributed by atoms with E-state index in [-0.39, 0.29) is 24.4 Å². The number of amides is 1. The summed E-state index contributed by atoms with van der Waals surface area (Å²) in [6, 6.07) is 12.1. The van der Waals surface area contributed by atoms with Crippen molar-refractivity contribution in [1.82, 2.24) is 19.2 Å². The monoisotopic (exact) mass is 510 g/mol. The maximum absolute atomic E-state index is 14.4. The molecule has 0 bridgehead atoms. The van der Waals surface area contributed by atoms with Crippen molar-refractivity contribution in [3.8, 4) is 11.4 Å². The van der Waals surface area contributed by atoms with E-state index in [0.717, 1.165) is 9.25 Å². The zero-order valence-corrected chi connectivity index (χ0v) is 20.6. The van der Waals surface area contributed by atoms with Gasteiger partial charge in [-0.3, -0.25) is 19.0 Å². The van der Waals surface area contributed by atoms with Gasteiger partial charge in [0.25, 0.3) is 11.5 Å². The summed E-state index contributed by atoms with van der Waals surface area (Å²) in [7, 11) is 1.49. The van der Waals surface area contributed by atoms with Crippen LogP contribution >= 0.6 is 0 Å². The quantitative estimate of drug-likeness (QED) is 0.447. The molecule has 1 saturated heterocycles. The van der Waals surface area contributed by atoms with Crippen molar-refractivity contribution in [3.05, 3.63) is 86.4 Å². The number of piperidine rings is 1. The average molecular weight is 511 g/mol. The lowest BCUT2D eigenvalue weighted by molar-refractivity contribution is -0.149. The van der Waals surface area contributed by atoms with Gasteiger partial charge in [-0.25, -0.2) is 9.18 Å². The molecule has 37 heavy (non-hydrogen) atoms. The number of halogens is 1. The molecule has 0 unspecified atom stereocenters. The van der Waals surface area contributed by atoms with Crippen LogP contribution < -0.4 is 16.0 Å². The number of benzene rings is 2. The van der Waals surface area contributed by atoms with Gasteiger partial charge < -0.3 is 14.4 Å². The zero-order chi connectivity index (χ0) is 26.5. The molecule has 1 atom stereocenters. The van der Waals surface area contributed by atoms with Crippen molar-refractivity contribution in [2.75, 3.05) is 26.8 Å². The van der Waals surface area contributed by atoms with E-state index in [2.05, 4.69) is 5.10 Å². The molecular weight excluding hydrogens is 483 g/mol. The number of esters is 1. The number of rotatable bonds is 7. The number of hydrogen-bond donors (Lipinski definition) is 0. The first kappa shape index (κ1) is 25.8. The van der Waals surface area contributed by atoms with Gasteiger partial charge in [0.1, 0.15) is 11.6 Å². The van der Waals surface area contributed by atoms with Crippen LogP contribution in [0.25, 0.3) is 5.69 Å². The normalized spacial score (nSPS) is 15.3. The van der Waals surface area contributed by atoms with Gasteiger partial charge in [-0.1, -0.05) is 18.2 Å². The first-order chi connectivity index (χ1) is 17.8. The Labute approximate surface area is 211 Å². The smallest absolute Gasteiger partial charge is 0.352 e. The Balaban J connectivity index is 1.79. The molecule has 2 aromatic carbocycles. The largest absolute Gasteiger partial charge is 0.497 e. The highest BCUT2D eigenvalue weighted by molar-refractivity contribution is 5.92. The number of ether oxygens (including phenoxy) is 2. The molecule has 0 aliphatic carbocycles. The van der Waals surface area contributed by atoms with Gasteiger partial charge in [0.05, 0.1) is 31.9 Å². The minimum Gasteiger partial charge on any atom is -0.497 e. The fourth-order valence-electron chi connectivity index (χ4n) is 4.24. The molecule has 4 rings (SSSR count). The fraction of sp³-hybridized carbons (Fsp3) is 0.346. The molecule has 2 heterocycles. The van der Waals surface area contributed by atoms with Gasteiger partial charge in [0, 0.05) is 18.7 Å². The minimum atomic E-state index is -0.943. The van der Waals surface area contributed by atoms with Crippen LogP contribution in [0.1, 0.15) is 35.8 Å². The van der Waals surface area contributed by atoms with E-state index in [9.17, 15) is 23.6 Å². The summed E-state index contributed by atoms with van der Waals surface area (Å²) in [4.78, 5) is 53.9. The van der Waals surface area contributed by atoms with Crippen LogP contribution in [-0.2, 0) is 16.1 Å². The van der Waals surface area contributed by atoms with Crippen LogP contribution in [0.15, 0.2) is 58.1 Å². The maximum Gasteiger partial charge on any atom is 0.352 e. The summed E-state index contributed by atoms with van der Waals surface area (Å²) >= 11 is 0. The highest BCUT2D eigenvalue weighted by Gasteiger charge is 2.32. The van der Waals surface area contributed by atoms with Crippen molar-refractivity contribution in [3.63, 3.8) is 0 Å². The lowest BCUT2D eigenvalue weighted by Crippen LogP contribution is -2.49. The van der Waals surface area contributed by atoms with Gasteiger partial charge in [-0.2, -0.15) is 9.78 Å². The van der Waals surface area contributed by atoms with Crippen molar-refractivity contribution < 1.29 is 23.5 Å². The minimum absolute atomic E-state index is 0.0633. The second-order valence-corrected chi connectivity index (χ2v) is 8.57. The van der Waals surface area contributed by atoms with E-state index in [1.54, 1.807) is 37.3 Å². The van der Waals surface area contributed by atoms with E-state index in [4.69, 9.17) is 9.47 Å². The van der Waals surface area contributed by atoms with Gasteiger partial charge in [0.15, 0.2) is 0 Å². The molecule has 194 valence electrons. The molecule has 1 aromatic heterocycles. The molecule has 3 aromatic rings. The molecular formula is C26H27FN4O6. The predicted octanol–water partition coefficient (Wildman–Crippen LogP) is 2.01. The fourth-order valence-corrected chi connectivity index (χ4v) is 4.24. The Kier molecular flexibility index (Phi) is 7.80. The molecule has 1 fully saturated rings. The Hall–Kier alpha value is -4.28. The van der Waals surface area contributed by atoms with E-state index >= 15 is 0 Å². The molecule has 10 nitrogen and oxygen atoms in total. The second-order valence-electron chi connectivity index (χ2n) is 8.57. The van der Waals surface area contributed by atoms with E-state index in [1.807, 2.05) is 0 Å². The predicted molar refractivity (Wildman–Crippen MR) is 131 cm³/mol. The third kappa shape index (κ3) is 5.45. The van der Waals surface area contributed by atoms with E-state index < -0.39 is 47.1 Å². The van der Waals surface area contributed by atoms with Gasteiger partial charge in [0.2, 0.25) is 5.69 Å². The van der Waals surface area contributed by atoms with E-state index in [0.29, 0.717) is 25.1 Å². The summed E-state index contributed by atoms with van der Waals surface area (Å²) in [6.07, 6.45) is 1.09. The Morgan fingerprint density at radius 3 is 2.51 bits per heavy atom. The van der Waals surface area contributed by atoms with E-state index in [1.165, 1.54) is 30.2 Å². The molecule has 0 radical (unpaired) electrons.